The molecule has 6 heteroatoms. The third kappa shape index (κ3) is 3.22. The average Bonchev–Trinajstić information content (AvgIpc) is 2.21. The van der Waals surface area contributed by atoms with Crippen LogP contribution in [0.5, 0.6) is 5.75 Å². The number of sulfone groups is 1. The van der Waals surface area contributed by atoms with E-state index >= 15 is 0 Å². The van der Waals surface area contributed by atoms with Crippen molar-refractivity contribution in [3.63, 3.8) is 0 Å². The molecule has 0 aliphatic heterocycles. The Morgan fingerprint density at radius 2 is 1.94 bits per heavy atom. The quantitative estimate of drug-likeness (QED) is 0.863. The Morgan fingerprint density at radius 1 is 1.39 bits per heavy atom. The predicted octanol–water partition coefficient (Wildman–Crippen LogP) is 1.37. The summed E-state index contributed by atoms with van der Waals surface area (Å²) < 4.78 is 23.3. The first-order valence-corrected chi connectivity index (χ1v) is 7.27. The molecule has 18 heavy (non-hydrogen) atoms. The van der Waals surface area contributed by atoms with Crippen LogP contribution in [0.1, 0.15) is 18.1 Å². The van der Waals surface area contributed by atoms with Crippen molar-refractivity contribution in [3.8, 4) is 5.75 Å². The van der Waals surface area contributed by atoms with E-state index in [-0.39, 0.29) is 17.1 Å². The van der Waals surface area contributed by atoms with Gasteiger partial charge in [-0.15, -0.1) is 0 Å². The molecule has 0 heterocycles. The first-order valence-electron chi connectivity index (χ1n) is 5.38. The molecule has 0 radical (unpaired) electrons. The maximum atomic E-state index is 11.6. The van der Waals surface area contributed by atoms with Gasteiger partial charge in [0.15, 0.2) is 9.84 Å². The lowest BCUT2D eigenvalue weighted by atomic mass is 10.00. The van der Waals surface area contributed by atoms with Crippen molar-refractivity contribution < 1.29 is 23.4 Å². The standard InChI is InChI=1S/C12H16O5S/c1-7-5-11(18(3,16)17)9(6-10(7)13)4-8(2)12(14)15/h5-6,8,13H,4H2,1-3H3,(H,14,15). The number of aliphatic carboxylic acids is 1. The van der Waals surface area contributed by atoms with Gasteiger partial charge in [0.25, 0.3) is 0 Å². The molecule has 0 saturated heterocycles. The van der Waals surface area contributed by atoms with E-state index in [4.69, 9.17) is 5.11 Å². The second-order valence-corrected chi connectivity index (χ2v) is 6.45. The molecule has 1 unspecified atom stereocenters. The van der Waals surface area contributed by atoms with Gasteiger partial charge in [-0.3, -0.25) is 4.79 Å². The third-order valence-corrected chi connectivity index (χ3v) is 3.91. The first-order chi connectivity index (χ1) is 8.12. The van der Waals surface area contributed by atoms with Gasteiger partial charge < -0.3 is 10.2 Å². The van der Waals surface area contributed by atoms with E-state index in [0.717, 1.165) is 6.26 Å². The summed E-state index contributed by atoms with van der Waals surface area (Å²) in [6.45, 7) is 3.08. The number of rotatable bonds is 4. The maximum absolute atomic E-state index is 11.6. The van der Waals surface area contributed by atoms with E-state index in [1.807, 2.05) is 0 Å². The van der Waals surface area contributed by atoms with E-state index in [9.17, 15) is 18.3 Å². The van der Waals surface area contributed by atoms with Crippen LogP contribution >= 0.6 is 0 Å². The number of hydrogen-bond acceptors (Lipinski definition) is 4. The minimum Gasteiger partial charge on any atom is -0.508 e. The molecule has 2 N–H and O–H groups in total. The molecule has 5 nitrogen and oxygen atoms in total. The number of aryl methyl sites for hydroxylation is 1. The molecule has 0 fully saturated rings. The van der Waals surface area contributed by atoms with E-state index in [2.05, 4.69) is 0 Å². The van der Waals surface area contributed by atoms with Crippen molar-refractivity contribution in [3.05, 3.63) is 23.3 Å². The minimum atomic E-state index is -3.45. The Bertz CT molecular complexity index is 574. The zero-order chi connectivity index (χ0) is 14.1. The smallest absolute Gasteiger partial charge is 0.306 e. The Morgan fingerprint density at radius 3 is 2.39 bits per heavy atom. The summed E-state index contributed by atoms with van der Waals surface area (Å²) >= 11 is 0. The molecule has 0 aliphatic rings. The predicted molar refractivity (Wildman–Crippen MR) is 66.5 cm³/mol. The van der Waals surface area contributed by atoms with Crippen LogP contribution in [-0.4, -0.2) is 30.9 Å². The Balaban J connectivity index is 3.33. The van der Waals surface area contributed by atoms with Crippen LogP contribution in [0, 0.1) is 12.8 Å². The summed E-state index contributed by atoms with van der Waals surface area (Å²) in [4.78, 5) is 10.9. The van der Waals surface area contributed by atoms with Crippen LogP contribution in [0.2, 0.25) is 0 Å². The SMILES string of the molecule is Cc1cc(S(C)(=O)=O)c(CC(C)C(=O)O)cc1O. The molecular weight excluding hydrogens is 256 g/mol. The molecule has 1 atom stereocenters. The molecule has 1 rings (SSSR count). The highest BCUT2D eigenvalue weighted by molar-refractivity contribution is 7.90. The highest BCUT2D eigenvalue weighted by Gasteiger charge is 2.20. The lowest BCUT2D eigenvalue weighted by Crippen LogP contribution is -2.14. The lowest BCUT2D eigenvalue weighted by molar-refractivity contribution is -0.141. The lowest BCUT2D eigenvalue weighted by Gasteiger charge is -2.12. The van der Waals surface area contributed by atoms with Crippen molar-refractivity contribution in [2.75, 3.05) is 6.26 Å². The number of benzene rings is 1. The maximum Gasteiger partial charge on any atom is 0.306 e. The number of carboxylic acids is 1. The Labute approximate surface area is 106 Å². The normalized spacial score (nSPS) is 13.3. The zero-order valence-corrected chi connectivity index (χ0v) is 11.3. The summed E-state index contributed by atoms with van der Waals surface area (Å²) in [5.41, 5.74) is 0.776. The second kappa shape index (κ2) is 4.97. The van der Waals surface area contributed by atoms with Gasteiger partial charge in [0, 0.05) is 6.26 Å². The number of carboxylic acid groups (broad SMARTS) is 1. The van der Waals surface area contributed by atoms with E-state index in [1.54, 1.807) is 6.92 Å². The van der Waals surface area contributed by atoms with E-state index in [0.29, 0.717) is 11.1 Å². The monoisotopic (exact) mass is 272 g/mol. The summed E-state index contributed by atoms with van der Waals surface area (Å²) in [7, 11) is -3.45. The Hall–Kier alpha value is -1.56. The molecule has 0 saturated carbocycles. The topological polar surface area (TPSA) is 91.7 Å². The van der Waals surface area contributed by atoms with Crippen LogP contribution in [0.25, 0.3) is 0 Å². The van der Waals surface area contributed by atoms with Crippen LogP contribution < -0.4 is 0 Å². The van der Waals surface area contributed by atoms with Crippen LogP contribution in [0.4, 0.5) is 0 Å². The summed E-state index contributed by atoms with van der Waals surface area (Å²) in [6.07, 6.45) is 1.12. The Kier molecular flexibility index (Phi) is 4.01. The first kappa shape index (κ1) is 14.5. The molecule has 0 aliphatic carbocycles. The molecule has 1 aromatic carbocycles. The minimum absolute atomic E-state index is 0.0324. The number of carbonyl (C=O) groups is 1. The summed E-state index contributed by atoms with van der Waals surface area (Å²) in [5.74, 6) is -1.75. The van der Waals surface area contributed by atoms with Gasteiger partial charge in [0.2, 0.25) is 0 Å². The fourth-order valence-electron chi connectivity index (χ4n) is 1.64. The van der Waals surface area contributed by atoms with Gasteiger partial charge in [-0.25, -0.2) is 8.42 Å². The van der Waals surface area contributed by atoms with E-state index in [1.165, 1.54) is 19.1 Å². The average molecular weight is 272 g/mol. The van der Waals surface area contributed by atoms with Crippen molar-refractivity contribution in [1.29, 1.82) is 0 Å². The molecule has 0 bridgehead atoms. The second-order valence-electron chi connectivity index (χ2n) is 4.46. The number of phenolic OH excluding ortho intramolecular Hbond substituents is 1. The highest BCUT2D eigenvalue weighted by Crippen LogP contribution is 2.27. The summed E-state index contributed by atoms with van der Waals surface area (Å²) in [5, 5.41) is 18.4. The molecule has 0 spiro atoms. The van der Waals surface area contributed by atoms with Gasteiger partial charge in [0.05, 0.1) is 10.8 Å². The molecule has 1 aromatic rings. The fraction of sp³-hybridized carbons (Fsp3) is 0.417. The molecule has 100 valence electrons. The number of phenols is 1. The molecular formula is C12H16O5S. The fourth-order valence-corrected chi connectivity index (χ4v) is 2.64. The summed E-state index contributed by atoms with van der Waals surface area (Å²) in [6, 6.07) is 2.69. The van der Waals surface area contributed by atoms with Crippen molar-refractivity contribution in [2.24, 2.45) is 5.92 Å². The highest BCUT2D eigenvalue weighted by atomic mass is 32.2. The van der Waals surface area contributed by atoms with Crippen molar-refractivity contribution in [1.82, 2.24) is 0 Å². The third-order valence-electron chi connectivity index (χ3n) is 2.73. The zero-order valence-electron chi connectivity index (χ0n) is 10.5. The number of aromatic hydroxyl groups is 1. The van der Waals surface area contributed by atoms with Gasteiger partial charge in [-0.1, -0.05) is 6.92 Å². The van der Waals surface area contributed by atoms with Gasteiger partial charge in [-0.2, -0.15) is 0 Å². The van der Waals surface area contributed by atoms with Crippen molar-refractivity contribution >= 4 is 15.8 Å². The van der Waals surface area contributed by atoms with Gasteiger partial charge in [0.1, 0.15) is 5.75 Å². The van der Waals surface area contributed by atoms with Crippen LogP contribution in [-0.2, 0) is 21.1 Å². The molecule has 0 amide bonds. The van der Waals surface area contributed by atoms with Gasteiger partial charge in [-0.05, 0) is 36.6 Å². The van der Waals surface area contributed by atoms with Gasteiger partial charge >= 0.3 is 5.97 Å². The molecule has 0 aromatic heterocycles. The van der Waals surface area contributed by atoms with Crippen LogP contribution in [0.3, 0.4) is 0 Å². The van der Waals surface area contributed by atoms with E-state index < -0.39 is 21.7 Å². The van der Waals surface area contributed by atoms with Crippen molar-refractivity contribution in [2.45, 2.75) is 25.2 Å². The largest absolute Gasteiger partial charge is 0.508 e. The van der Waals surface area contributed by atoms with Crippen LogP contribution in [0.15, 0.2) is 17.0 Å². The number of hydrogen-bond donors (Lipinski definition) is 2.